The van der Waals surface area contributed by atoms with Crippen molar-refractivity contribution in [3.8, 4) is 0 Å². The molecule has 2 nitrogen and oxygen atoms in total. The normalized spacial score (nSPS) is 10.6. The van der Waals surface area contributed by atoms with Crippen LogP contribution in [0.1, 0.15) is 25.5 Å². The number of H-pyrrole nitrogens is 1. The monoisotopic (exact) mass is 120 g/mol. The van der Waals surface area contributed by atoms with Crippen molar-refractivity contribution < 1.29 is 0 Å². The quantitative estimate of drug-likeness (QED) is 0.531. The Morgan fingerprint density at radius 2 is 2.33 bits per heavy atom. The van der Waals surface area contributed by atoms with E-state index in [9.17, 15) is 0 Å². The topological polar surface area (TPSA) is 28.7 Å². The summed E-state index contributed by atoms with van der Waals surface area (Å²) in [6.45, 7) is 4.16. The molecule has 1 aromatic heterocycles. The SMILES string of the molecule is [B]c1cc(C(C)C)n[nH]1. The molecular formula is C6H9BN2. The van der Waals surface area contributed by atoms with Gasteiger partial charge in [0.05, 0.1) is 5.69 Å². The Bertz CT molecular complexity index is 193. The lowest BCUT2D eigenvalue weighted by Gasteiger charge is -1.94. The predicted molar refractivity (Wildman–Crippen MR) is 38.1 cm³/mol. The molecule has 0 aromatic carbocycles. The van der Waals surface area contributed by atoms with E-state index >= 15 is 0 Å². The van der Waals surface area contributed by atoms with Gasteiger partial charge in [-0.25, -0.2) is 0 Å². The minimum Gasteiger partial charge on any atom is -0.293 e. The van der Waals surface area contributed by atoms with Crippen molar-refractivity contribution in [1.29, 1.82) is 0 Å². The fourth-order valence-electron chi connectivity index (χ4n) is 0.649. The van der Waals surface area contributed by atoms with Gasteiger partial charge in [0.15, 0.2) is 0 Å². The van der Waals surface area contributed by atoms with Crippen LogP contribution in [0.2, 0.25) is 0 Å². The predicted octanol–water partition coefficient (Wildman–Crippen LogP) is 0.327. The van der Waals surface area contributed by atoms with Crippen LogP contribution in [-0.2, 0) is 0 Å². The van der Waals surface area contributed by atoms with Crippen molar-refractivity contribution in [3.05, 3.63) is 11.8 Å². The lowest BCUT2D eigenvalue weighted by atomic mass is 10.0. The van der Waals surface area contributed by atoms with Crippen molar-refractivity contribution in [1.82, 2.24) is 10.2 Å². The molecule has 0 bridgehead atoms. The number of nitrogens with zero attached hydrogens (tertiary/aromatic N) is 1. The van der Waals surface area contributed by atoms with Crippen LogP contribution in [0.5, 0.6) is 0 Å². The lowest BCUT2D eigenvalue weighted by molar-refractivity contribution is 0.811. The lowest BCUT2D eigenvalue weighted by Crippen LogP contribution is -2.00. The van der Waals surface area contributed by atoms with Gasteiger partial charge in [0.1, 0.15) is 7.85 Å². The van der Waals surface area contributed by atoms with Gasteiger partial charge in [0.2, 0.25) is 0 Å². The van der Waals surface area contributed by atoms with Crippen LogP contribution in [0.4, 0.5) is 0 Å². The Morgan fingerprint density at radius 3 is 2.56 bits per heavy atom. The van der Waals surface area contributed by atoms with Crippen molar-refractivity contribution in [3.63, 3.8) is 0 Å². The van der Waals surface area contributed by atoms with E-state index in [0.717, 1.165) is 5.69 Å². The third-order valence-corrected chi connectivity index (χ3v) is 1.21. The molecule has 1 rings (SSSR count). The Hall–Kier alpha value is -0.725. The summed E-state index contributed by atoms with van der Waals surface area (Å²) in [5.74, 6) is 0.457. The minimum atomic E-state index is 0.457. The van der Waals surface area contributed by atoms with Gasteiger partial charge in [-0.05, 0) is 17.6 Å². The zero-order chi connectivity index (χ0) is 6.85. The fourth-order valence-corrected chi connectivity index (χ4v) is 0.649. The number of aromatic amines is 1. The van der Waals surface area contributed by atoms with Gasteiger partial charge in [0, 0.05) is 0 Å². The zero-order valence-electron chi connectivity index (χ0n) is 5.68. The maximum absolute atomic E-state index is 5.40. The number of aromatic nitrogens is 2. The van der Waals surface area contributed by atoms with E-state index in [1.807, 2.05) is 6.07 Å². The highest BCUT2D eigenvalue weighted by Gasteiger charge is 2.00. The van der Waals surface area contributed by atoms with Gasteiger partial charge in [-0.2, -0.15) is 5.10 Å². The second-order valence-electron chi connectivity index (χ2n) is 2.40. The minimum absolute atomic E-state index is 0.457. The van der Waals surface area contributed by atoms with E-state index < -0.39 is 0 Å². The van der Waals surface area contributed by atoms with Crippen LogP contribution in [0.15, 0.2) is 6.07 Å². The average molecular weight is 120 g/mol. The highest BCUT2D eigenvalue weighted by Crippen LogP contribution is 2.06. The molecule has 2 radical (unpaired) electrons. The molecule has 0 aliphatic carbocycles. The van der Waals surface area contributed by atoms with E-state index in [1.165, 1.54) is 0 Å². The van der Waals surface area contributed by atoms with E-state index in [1.54, 1.807) is 0 Å². The highest BCUT2D eigenvalue weighted by molar-refractivity contribution is 6.30. The summed E-state index contributed by atoms with van der Waals surface area (Å²) in [6, 6.07) is 1.85. The van der Waals surface area contributed by atoms with Gasteiger partial charge < -0.3 is 0 Å². The van der Waals surface area contributed by atoms with Crippen molar-refractivity contribution in [2.75, 3.05) is 0 Å². The third kappa shape index (κ3) is 1.34. The van der Waals surface area contributed by atoms with Gasteiger partial charge in [-0.1, -0.05) is 13.8 Å². The number of hydrogen-bond donors (Lipinski definition) is 1. The first kappa shape index (κ1) is 6.40. The molecule has 0 amide bonds. The van der Waals surface area contributed by atoms with E-state index in [-0.39, 0.29) is 0 Å². The van der Waals surface area contributed by atoms with Crippen LogP contribution in [-0.4, -0.2) is 18.0 Å². The first-order chi connectivity index (χ1) is 4.20. The molecule has 1 aromatic rings. The summed E-state index contributed by atoms with van der Waals surface area (Å²) < 4.78 is 0. The molecular weight excluding hydrogens is 111 g/mol. The van der Waals surface area contributed by atoms with Gasteiger partial charge in [0.25, 0.3) is 0 Å². The second-order valence-corrected chi connectivity index (χ2v) is 2.40. The third-order valence-electron chi connectivity index (χ3n) is 1.21. The van der Waals surface area contributed by atoms with Crippen LogP contribution < -0.4 is 5.59 Å². The maximum Gasteiger partial charge on any atom is 0.140 e. The number of hydrogen-bond acceptors (Lipinski definition) is 1. The van der Waals surface area contributed by atoms with Crippen LogP contribution in [0.25, 0.3) is 0 Å². The molecule has 0 aliphatic rings. The number of rotatable bonds is 1. The first-order valence-corrected chi connectivity index (χ1v) is 3.01. The molecule has 0 aliphatic heterocycles. The molecule has 0 saturated heterocycles. The van der Waals surface area contributed by atoms with Crippen LogP contribution in [0.3, 0.4) is 0 Å². The summed E-state index contributed by atoms with van der Waals surface area (Å²) in [4.78, 5) is 0. The molecule has 0 unspecified atom stereocenters. The Balaban J connectivity index is 2.85. The van der Waals surface area contributed by atoms with Crippen molar-refractivity contribution >= 4 is 13.4 Å². The van der Waals surface area contributed by atoms with E-state index in [2.05, 4.69) is 24.0 Å². The zero-order valence-corrected chi connectivity index (χ0v) is 5.68. The molecule has 9 heavy (non-hydrogen) atoms. The summed E-state index contributed by atoms with van der Waals surface area (Å²) in [5.41, 5.74) is 1.66. The van der Waals surface area contributed by atoms with Crippen LogP contribution >= 0.6 is 0 Å². The highest BCUT2D eigenvalue weighted by atomic mass is 15.1. The maximum atomic E-state index is 5.40. The van der Waals surface area contributed by atoms with Crippen molar-refractivity contribution in [2.45, 2.75) is 19.8 Å². The molecule has 46 valence electrons. The second kappa shape index (κ2) is 2.25. The average Bonchev–Trinajstić information content (AvgIpc) is 2.14. The number of nitrogens with one attached hydrogen (secondary N) is 1. The Labute approximate surface area is 56.1 Å². The molecule has 1 heterocycles. The summed E-state index contributed by atoms with van der Waals surface area (Å²) in [6.07, 6.45) is 0. The summed E-state index contributed by atoms with van der Waals surface area (Å²) >= 11 is 0. The van der Waals surface area contributed by atoms with Crippen LogP contribution in [0, 0.1) is 0 Å². The standard InChI is InChI=1S/C6H9BN2/c1-4(2)5-3-6(7)9-8-5/h3-4H,1-2H3,(H,8,9). The molecule has 1 N–H and O–H groups in total. The largest absolute Gasteiger partial charge is 0.293 e. The summed E-state index contributed by atoms with van der Waals surface area (Å²) in [5, 5.41) is 6.64. The van der Waals surface area contributed by atoms with Gasteiger partial charge in [-0.3, -0.25) is 5.10 Å². The fraction of sp³-hybridized carbons (Fsp3) is 0.500. The van der Waals surface area contributed by atoms with Gasteiger partial charge in [-0.15, -0.1) is 0 Å². The van der Waals surface area contributed by atoms with Crippen molar-refractivity contribution in [2.24, 2.45) is 0 Å². The summed E-state index contributed by atoms with van der Waals surface area (Å²) in [7, 11) is 5.40. The smallest absolute Gasteiger partial charge is 0.140 e. The Morgan fingerprint density at radius 1 is 1.67 bits per heavy atom. The van der Waals surface area contributed by atoms with Gasteiger partial charge >= 0.3 is 0 Å². The molecule has 0 spiro atoms. The molecule has 0 saturated carbocycles. The van der Waals surface area contributed by atoms with E-state index in [0.29, 0.717) is 11.5 Å². The molecule has 0 atom stereocenters. The Kier molecular flexibility index (Phi) is 1.60. The molecule has 0 fully saturated rings. The molecule has 3 heteroatoms. The van der Waals surface area contributed by atoms with E-state index in [4.69, 9.17) is 7.85 Å². The first-order valence-electron chi connectivity index (χ1n) is 3.01.